The second-order valence-electron chi connectivity index (χ2n) is 6.30. The van der Waals surface area contributed by atoms with Crippen LogP contribution in [-0.4, -0.2) is 23.5 Å². The summed E-state index contributed by atoms with van der Waals surface area (Å²) in [5, 5.41) is 11.1. The van der Waals surface area contributed by atoms with Crippen molar-refractivity contribution < 1.29 is 14.7 Å². The number of carbonyl (C=O) groups is 2. The maximum atomic E-state index is 12.9. The number of fused-ring (bicyclic) bond motifs is 1. The lowest BCUT2D eigenvalue weighted by atomic mass is 9.96. The predicted molar refractivity (Wildman–Crippen MR) is 95.8 cm³/mol. The Kier molecular flexibility index (Phi) is 5.00. The third kappa shape index (κ3) is 3.67. The highest BCUT2D eigenvalue weighted by Crippen LogP contribution is 2.32. The van der Waals surface area contributed by atoms with Crippen molar-refractivity contribution in [3.8, 4) is 0 Å². The molecule has 0 bridgehead atoms. The summed E-state index contributed by atoms with van der Waals surface area (Å²) in [7, 11) is 0. The van der Waals surface area contributed by atoms with E-state index in [4.69, 9.17) is 0 Å². The van der Waals surface area contributed by atoms with Gasteiger partial charge >= 0.3 is 5.97 Å². The molecule has 1 amide bonds. The standard InChI is InChI=1S/C19H21NO3S/c1-13-6-7-16-14(10-13)4-2-8-20(16)18(21)11-15(12-19(22)23)17-5-3-9-24-17/h3,5-7,9-10,15H,2,4,8,11-12H2,1H3,(H,22,23). The molecule has 1 unspecified atom stereocenters. The summed E-state index contributed by atoms with van der Waals surface area (Å²) in [5.74, 6) is -1.11. The van der Waals surface area contributed by atoms with Crippen LogP contribution in [0, 0.1) is 6.92 Å². The minimum atomic E-state index is -0.865. The Morgan fingerprint density at radius 1 is 1.29 bits per heavy atom. The maximum Gasteiger partial charge on any atom is 0.304 e. The summed E-state index contributed by atoms with van der Waals surface area (Å²) < 4.78 is 0. The van der Waals surface area contributed by atoms with Crippen molar-refractivity contribution in [1.82, 2.24) is 0 Å². The van der Waals surface area contributed by atoms with Gasteiger partial charge in [-0.05, 0) is 42.8 Å². The topological polar surface area (TPSA) is 57.6 Å². The van der Waals surface area contributed by atoms with Crippen molar-refractivity contribution in [2.24, 2.45) is 0 Å². The average Bonchev–Trinajstić information content (AvgIpc) is 3.07. The van der Waals surface area contributed by atoms with Crippen LogP contribution in [0.5, 0.6) is 0 Å². The number of aliphatic carboxylic acids is 1. The molecule has 4 nitrogen and oxygen atoms in total. The van der Waals surface area contributed by atoms with Crippen LogP contribution < -0.4 is 4.90 Å². The quantitative estimate of drug-likeness (QED) is 0.893. The Balaban J connectivity index is 1.80. The van der Waals surface area contributed by atoms with Gasteiger partial charge in [0.2, 0.25) is 5.91 Å². The summed E-state index contributed by atoms with van der Waals surface area (Å²) in [6.07, 6.45) is 2.16. The fourth-order valence-electron chi connectivity index (χ4n) is 3.31. The van der Waals surface area contributed by atoms with Crippen LogP contribution in [0.2, 0.25) is 0 Å². The molecule has 1 atom stereocenters. The number of aryl methyl sites for hydroxylation is 2. The Morgan fingerprint density at radius 2 is 2.12 bits per heavy atom. The van der Waals surface area contributed by atoms with E-state index in [-0.39, 0.29) is 24.7 Å². The first kappa shape index (κ1) is 16.7. The second kappa shape index (κ2) is 7.18. The molecular formula is C19H21NO3S. The van der Waals surface area contributed by atoms with E-state index in [9.17, 15) is 14.7 Å². The first-order chi connectivity index (χ1) is 11.5. The molecule has 2 heterocycles. The van der Waals surface area contributed by atoms with E-state index in [0.29, 0.717) is 6.54 Å². The Hall–Kier alpha value is -2.14. The van der Waals surface area contributed by atoms with Crippen LogP contribution in [0.4, 0.5) is 5.69 Å². The summed E-state index contributed by atoms with van der Waals surface area (Å²) >= 11 is 1.52. The molecule has 126 valence electrons. The number of rotatable bonds is 5. The molecule has 0 aliphatic carbocycles. The van der Waals surface area contributed by atoms with Crippen LogP contribution in [-0.2, 0) is 16.0 Å². The molecule has 1 aliphatic rings. The van der Waals surface area contributed by atoms with Crippen LogP contribution in [0.15, 0.2) is 35.7 Å². The molecule has 1 aromatic heterocycles. The Bertz CT molecular complexity index is 739. The van der Waals surface area contributed by atoms with Gasteiger partial charge in [0.15, 0.2) is 0 Å². The molecule has 0 saturated carbocycles. The molecule has 1 aromatic carbocycles. The Labute approximate surface area is 145 Å². The average molecular weight is 343 g/mol. The lowest BCUT2D eigenvalue weighted by Crippen LogP contribution is -2.36. The molecule has 1 aliphatic heterocycles. The van der Waals surface area contributed by atoms with Crippen LogP contribution in [0.1, 0.15) is 41.2 Å². The van der Waals surface area contributed by atoms with Gasteiger partial charge in [-0.1, -0.05) is 23.8 Å². The minimum Gasteiger partial charge on any atom is -0.481 e. The normalized spacial score (nSPS) is 15.0. The van der Waals surface area contributed by atoms with Gasteiger partial charge in [0.25, 0.3) is 0 Å². The second-order valence-corrected chi connectivity index (χ2v) is 7.27. The van der Waals surface area contributed by atoms with Gasteiger partial charge in [-0.25, -0.2) is 0 Å². The number of carbonyl (C=O) groups excluding carboxylic acids is 1. The highest BCUT2D eigenvalue weighted by Gasteiger charge is 2.27. The van der Waals surface area contributed by atoms with Crippen molar-refractivity contribution in [2.75, 3.05) is 11.4 Å². The number of carboxylic acid groups (broad SMARTS) is 1. The van der Waals surface area contributed by atoms with Gasteiger partial charge in [0, 0.05) is 29.4 Å². The van der Waals surface area contributed by atoms with Crippen LogP contribution in [0.3, 0.4) is 0 Å². The SMILES string of the molecule is Cc1ccc2c(c1)CCCN2C(=O)CC(CC(=O)O)c1cccs1. The van der Waals surface area contributed by atoms with Crippen molar-refractivity contribution in [2.45, 2.75) is 38.5 Å². The highest BCUT2D eigenvalue weighted by atomic mass is 32.1. The van der Waals surface area contributed by atoms with E-state index in [1.54, 1.807) is 0 Å². The number of thiophene rings is 1. The fourth-order valence-corrected chi connectivity index (χ4v) is 4.14. The zero-order valence-corrected chi connectivity index (χ0v) is 14.5. The zero-order chi connectivity index (χ0) is 17.1. The number of carboxylic acids is 1. The number of hydrogen-bond acceptors (Lipinski definition) is 3. The Morgan fingerprint density at radius 3 is 2.83 bits per heavy atom. The first-order valence-electron chi connectivity index (χ1n) is 8.19. The molecule has 0 fully saturated rings. The lowest BCUT2D eigenvalue weighted by molar-refractivity contribution is -0.137. The molecule has 1 N–H and O–H groups in total. The lowest BCUT2D eigenvalue weighted by Gasteiger charge is -2.31. The number of nitrogens with zero attached hydrogens (tertiary/aromatic N) is 1. The molecule has 2 aromatic rings. The monoisotopic (exact) mass is 343 g/mol. The van der Waals surface area contributed by atoms with Crippen molar-refractivity contribution in [3.63, 3.8) is 0 Å². The smallest absolute Gasteiger partial charge is 0.304 e. The number of anilines is 1. The largest absolute Gasteiger partial charge is 0.481 e. The van der Waals surface area contributed by atoms with Gasteiger partial charge in [-0.3, -0.25) is 9.59 Å². The molecule has 0 saturated heterocycles. The zero-order valence-electron chi connectivity index (χ0n) is 13.7. The maximum absolute atomic E-state index is 12.9. The summed E-state index contributed by atoms with van der Waals surface area (Å²) in [5.41, 5.74) is 3.39. The molecule has 0 radical (unpaired) electrons. The van der Waals surface area contributed by atoms with Gasteiger partial charge in [0.05, 0.1) is 6.42 Å². The van der Waals surface area contributed by atoms with E-state index < -0.39 is 5.97 Å². The van der Waals surface area contributed by atoms with E-state index >= 15 is 0 Å². The van der Waals surface area contributed by atoms with Gasteiger partial charge in [0.1, 0.15) is 0 Å². The van der Waals surface area contributed by atoms with Gasteiger partial charge < -0.3 is 10.0 Å². The van der Waals surface area contributed by atoms with Crippen LogP contribution >= 0.6 is 11.3 Å². The number of benzene rings is 1. The number of amides is 1. The van der Waals surface area contributed by atoms with Crippen molar-refractivity contribution in [1.29, 1.82) is 0 Å². The van der Waals surface area contributed by atoms with E-state index in [0.717, 1.165) is 23.4 Å². The summed E-state index contributed by atoms with van der Waals surface area (Å²) in [4.78, 5) is 26.8. The number of hydrogen-bond donors (Lipinski definition) is 1. The molecule has 24 heavy (non-hydrogen) atoms. The van der Waals surface area contributed by atoms with Gasteiger partial charge in [-0.15, -0.1) is 11.3 Å². The molecule has 0 spiro atoms. The molecular weight excluding hydrogens is 322 g/mol. The molecule has 3 rings (SSSR count). The first-order valence-corrected chi connectivity index (χ1v) is 9.07. The van der Waals surface area contributed by atoms with E-state index in [1.165, 1.54) is 22.5 Å². The van der Waals surface area contributed by atoms with Crippen molar-refractivity contribution >= 4 is 28.9 Å². The van der Waals surface area contributed by atoms with Gasteiger partial charge in [-0.2, -0.15) is 0 Å². The fraction of sp³-hybridized carbons (Fsp3) is 0.368. The van der Waals surface area contributed by atoms with Crippen molar-refractivity contribution in [3.05, 3.63) is 51.7 Å². The minimum absolute atomic E-state index is 0.0130. The van der Waals surface area contributed by atoms with E-state index in [2.05, 4.69) is 13.0 Å². The summed E-state index contributed by atoms with van der Waals surface area (Å²) in [6.45, 7) is 2.76. The third-order valence-electron chi connectivity index (χ3n) is 4.44. The molecule has 5 heteroatoms. The highest BCUT2D eigenvalue weighted by molar-refractivity contribution is 7.10. The van der Waals surface area contributed by atoms with Crippen LogP contribution in [0.25, 0.3) is 0 Å². The predicted octanol–water partition coefficient (Wildman–Crippen LogP) is 3.98. The third-order valence-corrected chi connectivity index (χ3v) is 5.48. The van der Waals surface area contributed by atoms with E-state index in [1.807, 2.05) is 34.5 Å². The summed E-state index contributed by atoms with van der Waals surface area (Å²) in [6, 6.07) is 10.00.